The van der Waals surface area contributed by atoms with Crippen molar-refractivity contribution in [3.05, 3.63) is 47.8 Å². The molecule has 0 saturated heterocycles. The van der Waals surface area contributed by atoms with E-state index in [0.29, 0.717) is 17.4 Å². The highest BCUT2D eigenvalue weighted by molar-refractivity contribution is 7.89. The van der Waals surface area contributed by atoms with Gasteiger partial charge in [-0.15, -0.1) is 0 Å². The molecule has 114 valence electrons. The summed E-state index contributed by atoms with van der Waals surface area (Å²) in [6, 6.07) is 7.08. The van der Waals surface area contributed by atoms with Gasteiger partial charge >= 0.3 is 0 Å². The second-order valence-corrected chi connectivity index (χ2v) is 7.55. The van der Waals surface area contributed by atoms with Crippen LogP contribution >= 0.6 is 0 Å². The van der Waals surface area contributed by atoms with E-state index in [4.69, 9.17) is 0 Å². The van der Waals surface area contributed by atoms with Gasteiger partial charge in [-0.05, 0) is 23.6 Å². The van der Waals surface area contributed by atoms with Crippen molar-refractivity contribution in [2.75, 3.05) is 7.05 Å². The molecule has 0 amide bonds. The molecule has 0 radical (unpaired) electrons. The van der Waals surface area contributed by atoms with Crippen LogP contribution in [0.25, 0.3) is 0 Å². The largest absolute Gasteiger partial charge is 0.275 e. The zero-order valence-corrected chi connectivity index (χ0v) is 13.6. The van der Waals surface area contributed by atoms with Crippen LogP contribution in [0.3, 0.4) is 0 Å². The molecule has 0 bridgehead atoms. The van der Waals surface area contributed by atoms with Crippen LogP contribution in [-0.2, 0) is 23.6 Å². The zero-order chi connectivity index (χ0) is 15.6. The smallest absolute Gasteiger partial charge is 0.243 e. The third-order valence-electron chi connectivity index (χ3n) is 3.42. The molecule has 2 rings (SSSR count). The maximum atomic E-state index is 12.5. The van der Waals surface area contributed by atoms with Gasteiger partial charge in [0.05, 0.1) is 11.1 Å². The second kappa shape index (κ2) is 5.99. The lowest BCUT2D eigenvalue weighted by Gasteiger charge is -2.17. The van der Waals surface area contributed by atoms with Gasteiger partial charge in [0.2, 0.25) is 10.0 Å². The number of rotatable bonds is 5. The van der Waals surface area contributed by atoms with Gasteiger partial charge in [0.25, 0.3) is 0 Å². The minimum absolute atomic E-state index is 0.308. The molecule has 0 fully saturated rings. The van der Waals surface area contributed by atoms with Gasteiger partial charge in [-0.2, -0.15) is 9.40 Å². The average Bonchev–Trinajstić information content (AvgIpc) is 2.84. The van der Waals surface area contributed by atoms with Crippen molar-refractivity contribution in [2.45, 2.75) is 31.2 Å². The summed E-state index contributed by atoms with van der Waals surface area (Å²) >= 11 is 0. The minimum atomic E-state index is -3.47. The Bertz CT molecular complexity index is 703. The lowest BCUT2D eigenvalue weighted by Crippen LogP contribution is -2.26. The number of aryl methyl sites for hydroxylation is 1. The first-order valence-corrected chi connectivity index (χ1v) is 8.28. The molecule has 2 aromatic rings. The van der Waals surface area contributed by atoms with Crippen LogP contribution < -0.4 is 0 Å². The van der Waals surface area contributed by atoms with Gasteiger partial charge in [0.1, 0.15) is 0 Å². The Labute approximate surface area is 126 Å². The Balaban J connectivity index is 2.20. The average molecular weight is 307 g/mol. The van der Waals surface area contributed by atoms with Gasteiger partial charge in [-0.25, -0.2) is 8.42 Å². The number of benzene rings is 1. The van der Waals surface area contributed by atoms with E-state index in [1.807, 2.05) is 25.4 Å². The van der Waals surface area contributed by atoms with Crippen LogP contribution in [0.15, 0.2) is 41.6 Å². The molecular formula is C15H21N3O2S. The number of nitrogens with zero attached hydrogens (tertiary/aromatic N) is 3. The van der Waals surface area contributed by atoms with E-state index in [1.54, 1.807) is 30.1 Å². The SMILES string of the molecule is CC(C)c1ccc(S(=O)(=O)N(C)Cc2cnn(C)c2)cc1. The van der Waals surface area contributed by atoms with Crippen molar-refractivity contribution in [1.82, 2.24) is 14.1 Å². The fourth-order valence-corrected chi connectivity index (χ4v) is 3.26. The third-order valence-corrected chi connectivity index (χ3v) is 5.24. The molecule has 0 N–H and O–H groups in total. The number of sulfonamides is 1. The second-order valence-electron chi connectivity index (χ2n) is 5.51. The number of hydrogen-bond acceptors (Lipinski definition) is 3. The monoisotopic (exact) mass is 307 g/mol. The summed E-state index contributed by atoms with van der Waals surface area (Å²) in [7, 11) is -0.0839. The van der Waals surface area contributed by atoms with Gasteiger partial charge in [-0.3, -0.25) is 4.68 Å². The predicted molar refractivity (Wildman–Crippen MR) is 82.4 cm³/mol. The van der Waals surface area contributed by atoms with E-state index >= 15 is 0 Å². The van der Waals surface area contributed by atoms with E-state index in [2.05, 4.69) is 18.9 Å². The molecule has 0 atom stereocenters. The molecular weight excluding hydrogens is 286 g/mol. The number of aromatic nitrogens is 2. The van der Waals surface area contributed by atoms with E-state index in [9.17, 15) is 8.42 Å². The lowest BCUT2D eigenvalue weighted by atomic mass is 10.0. The molecule has 6 heteroatoms. The standard InChI is InChI=1S/C15H21N3O2S/c1-12(2)14-5-7-15(8-6-14)21(19,20)18(4)11-13-9-16-17(3)10-13/h5-10,12H,11H2,1-4H3. The summed E-state index contributed by atoms with van der Waals surface area (Å²) in [6.45, 7) is 4.47. The molecule has 0 saturated carbocycles. The van der Waals surface area contributed by atoms with Crippen LogP contribution in [0.5, 0.6) is 0 Å². The molecule has 0 spiro atoms. The first kappa shape index (κ1) is 15.7. The lowest BCUT2D eigenvalue weighted by molar-refractivity contribution is 0.466. The van der Waals surface area contributed by atoms with Crippen molar-refractivity contribution in [1.29, 1.82) is 0 Å². The van der Waals surface area contributed by atoms with Crippen molar-refractivity contribution in [3.8, 4) is 0 Å². The summed E-state index contributed by atoms with van der Waals surface area (Å²) in [5.41, 5.74) is 1.99. The Morgan fingerprint density at radius 2 is 1.86 bits per heavy atom. The van der Waals surface area contributed by atoms with Crippen LogP contribution in [0.4, 0.5) is 0 Å². The molecule has 1 heterocycles. The molecule has 5 nitrogen and oxygen atoms in total. The van der Waals surface area contributed by atoms with Crippen molar-refractivity contribution in [2.24, 2.45) is 7.05 Å². The van der Waals surface area contributed by atoms with Gasteiger partial charge < -0.3 is 0 Å². The highest BCUT2D eigenvalue weighted by atomic mass is 32.2. The minimum Gasteiger partial charge on any atom is -0.275 e. The summed E-state index contributed by atoms with van der Waals surface area (Å²) in [5, 5.41) is 4.05. The van der Waals surface area contributed by atoms with E-state index in [0.717, 1.165) is 11.1 Å². The van der Waals surface area contributed by atoms with E-state index in [1.165, 1.54) is 4.31 Å². The molecule has 1 aromatic heterocycles. The molecule has 21 heavy (non-hydrogen) atoms. The molecule has 1 aromatic carbocycles. The van der Waals surface area contributed by atoms with Crippen molar-refractivity contribution >= 4 is 10.0 Å². The quantitative estimate of drug-likeness (QED) is 0.852. The summed E-state index contributed by atoms with van der Waals surface area (Å²) in [5.74, 6) is 0.384. The highest BCUT2D eigenvalue weighted by Crippen LogP contribution is 2.20. The highest BCUT2D eigenvalue weighted by Gasteiger charge is 2.21. The Morgan fingerprint density at radius 3 is 2.33 bits per heavy atom. The maximum absolute atomic E-state index is 12.5. The van der Waals surface area contributed by atoms with E-state index in [-0.39, 0.29) is 0 Å². The van der Waals surface area contributed by atoms with Gasteiger partial charge in [0, 0.05) is 32.4 Å². The van der Waals surface area contributed by atoms with Crippen LogP contribution in [0, 0.1) is 0 Å². The number of hydrogen-bond donors (Lipinski definition) is 0. The molecule has 0 aliphatic carbocycles. The Kier molecular flexibility index (Phi) is 4.49. The summed E-state index contributed by atoms with van der Waals surface area (Å²) in [4.78, 5) is 0.318. The third kappa shape index (κ3) is 3.51. The summed E-state index contributed by atoms with van der Waals surface area (Å²) < 4.78 is 28.0. The molecule has 0 unspecified atom stereocenters. The van der Waals surface area contributed by atoms with E-state index < -0.39 is 10.0 Å². The van der Waals surface area contributed by atoms with Crippen LogP contribution in [0.2, 0.25) is 0 Å². The van der Waals surface area contributed by atoms with Gasteiger partial charge in [-0.1, -0.05) is 26.0 Å². The van der Waals surface area contributed by atoms with Crippen LogP contribution in [-0.4, -0.2) is 29.6 Å². The van der Waals surface area contributed by atoms with Crippen LogP contribution in [0.1, 0.15) is 30.9 Å². The Hall–Kier alpha value is -1.66. The van der Waals surface area contributed by atoms with Crippen molar-refractivity contribution < 1.29 is 8.42 Å². The maximum Gasteiger partial charge on any atom is 0.243 e. The first-order valence-electron chi connectivity index (χ1n) is 6.84. The van der Waals surface area contributed by atoms with Gasteiger partial charge in [0.15, 0.2) is 0 Å². The topological polar surface area (TPSA) is 55.2 Å². The molecule has 0 aliphatic heterocycles. The Morgan fingerprint density at radius 1 is 1.24 bits per heavy atom. The fraction of sp³-hybridized carbons (Fsp3) is 0.400. The predicted octanol–water partition coefficient (Wildman–Crippen LogP) is 2.36. The fourth-order valence-electron chi connectivity index (χ4n) is 2.10. The summed E-state index contributed by atoms with van der Waals surface area (Å²) in [6.07, 6.45) is 3.49. The zero-order valence-electron chi connectivity index (χ0n) is 12.8. The normalized spacial score (nSPS) is 12.3. The van der Waals surface area contributed by atoms with Crippen molar-refractivity contribution in [3.63, 3.8) is 0 Å². The molecule has 0 aliphatic rings. The first-order chi connectivity index (χ1) is 9.80.